The summed E-state index contributed by atoms with van der Waals surface area (Å²) >= 11 is 3.44. The monoisotopic (exact) mass is 242 g/mol. The van der Waals surface area contributed by atoms with Crippen LogP contribution in [0, 0.1) is 0 Å². The first-order chi connectivity index (χ1) is 6.36. The predicted molar refractivity (Wildman–Crippen MR) is 54.0 cm³/mol. The Morgan fingerprint density at radius 3 is 2.92 bits per heavy atom. The van der Waals surface area contributed by atoms with E-state index in [1.54, 1.807) is 0 Å². The Morgan fingerprint density at radius 2 is 2.23 bits per heavy atom. The zero-order valence-corrected chi connectivity index (χ0v) is 8.79. The predicted octanol–water partition coefficient (Wildman–Crippen LogP) is 2.62. The molecule has 0 amide bonds. The summed E-state index contributed by atoms with van der Waals surface area (Å²) in [5, 5.41) is 0. The van der Waals surface area contributed by atoms with Gasteiger partial charge in [-0.15, -0.1) is 0 Å². The molecule has 70 valence electrons. The van der Waals surface area contributed by atoms with Crippen molar-refractivity contribution in [3.05, 3.63) is 28.7 Å². The minimum Gasteiger partial charge on any atom is -0.487 e. The van der Waals surface area contributed by atoms with Gasteiger partial charge < -0.3 is 9.47 Å². The van der Waals surface area contributed by atoms with E-state index in [1.807, 2.05) is 24.3 Å². The van der Waals surface area contributed by atoms with Crippen LogP contribution in [0.25, 0.3) is 0 Å². The van der Waals surface area contributed by atoms with Crippen LogP contribution >= 0.6 is 15.9 Å². The van der Waals surface area contributed by atoms with Crippen molar-refractivity contribution in [2.24, 2.45) is 0 Å². The molecule has 1 aliphatic heterocycles. The molecule has 3 heteroatoms. The number of halogens is 1. The quantitative estimate of drug-likeness (QED) is 0.794. The van der Waals surface area contributed by atoms with E-state index in [9.17, 15) is 0 Å². The average molecular weight is 243 g/mol. The molecule has 13 heavy (non-hydrogen) atoms. The zero-order valence-electron chi connectivity index (χ0n) is 7.20. The lowest BCUT2D eigenvalue weighted by Crippen LogP contribution is -2.15. The Balaban J connectivity index is 2.04. The molecule has 0 aromatic heterocycles. The molecule has 1 aliphatic rings. The lowest BCUT2D eigenvalue weighted by Gasteiger charge is -2.12. The highest BCUT2D eigenvalue weighted by molar-refractivity contribution is 9.10. The molecule has 2 nitrogen and oxygen atoms in total. The van der Waals surface area contributed by atoms with E-state index < -0.39 is 0 Å². The van der Waals surface area contributed by atoms with Gasteiger partial charge in [0.2, 0.25) is 0 Å². The van der Waals surface area contributed by atoms with Crippen LogP contribution in [0.5, 0.6) is 5.75 Å². The largest absolute Gasteiger partial charge is 0.487 e. The summed E-state index contributed by atoms with van der Waals surface area (Å²) in [5.41, 5.74) is 0. The Hall–Kier alpha value is -0.540. The second-order valence-corrected chi connectivity index (χ2v) is 3.89. The highest BCUT2D eigenvalue weighted by atomic mass is 79.9. The molecule has 1 heterocycles. The van der Waals surface area contributed by atoms with Crippen molar-refractivity contribution in [1.29, 1.82) is 0 Å². The van der Waals surface area contributed by atoms with Crippen LogP contribution in [0.4, 0.5) is 0 Å². The maximum absolute atomic E-state index is 5.73. The number of benzene rings is 1. The first kappa shape index (κ1) is 9.03. The van der Waals surface area contributed by atoms with Crippen molar-refractivity contribution in [3.63, 3.8) is 0 Å². The fourth-order valence-electron chi connectivity index (χ4n) is 1.33. The summed E-state index contributed by atoms with van der Waals surface area (Å²) in [7, 11) is 0. The number of para-hydroxylation sites is 1. The van der Waals surface area contributed by atoms with Gasteiger partial charge in [-0.05, 0) is 28.1 Å². The molecule has 0 radical (unpaired) electrons. The maximum atomic E-state index is 5.73. The summed E-state index contributed by atoms with van der Waals surface area (Å²) in [5.74, 6) is 0.901. The minimum absolute atomic E-state index is 0.221. The molecule has 0 aliphatic carbocycles. The van der Waals surface area contributed by atoms with Gasteiger partial charge in [0.25, 0.3) is 0 Å². The van der Waals surface area contributed by atoms with Crippen LogP contribution in [0.3, 0.4) is 0 Å². The van der Waals surface area contributed by atoms with E-state index in [0.29, 0.717) is 6.61 Å². The lowest BCUT2D eigenvalue weighted by molar-refractivity contribution is 0.141. The molecular weight excluding hydrogens is 232 g/mol. The number of ether oxygens (including phenoxy) is 2. The van der Waals surface area contributed by atoms with Crippen LogP contribution in [0.2, 0.25) is 0 Å². The Bertz CT molecular complexity index is 282. The molecule has 0 bridgehead atoms. The van der Waals surface area contributed by atoms with Crippen molar-refractivity contribution >= 4 is 15.9 Å². The summed E-state index contributed by atoms with van der Waals surface area (Å²) in [6.45, 7) is 1.52. The molecule has 1 saturated heterocycles. The van der Waals surface area contributed by atoms with Crippen LogP contribution in [-0.2, 0) is 4.74 Å². The molecule has 1 atom stereocenters. The normalized spacial score (nSPS) is 21.8. The van der Waals surface area contributed by atoms with Crippen molar-refractivity contribution < 1.29 is 9.47 Å². The third kappa shape index (κ3) is 2.23. The van der Waals surface area contributed by atoms with Crippen molar-refractivity contribution in [1.82, 2.24) is 0 Å². The number of hydrogen-bond donors (Lipinski definition) is 0. The third-order valence-electron chi connectivity index (χ3n) is 2.02. The Kier molecular flexibility index (Phi) is 2.86. The van der Waals surface area contributed by atoms with E-state index in [1.165, 1.54) is 0 Å². The van der Waals surface area contributed by atoms with Gasteiger partial charge in [-0.3, -0.25) is 0 Å². The molecular formula is C10H11BrO2. The molecule has 2 rings (SSSR count). The summed E-state index contributed by atoms with van der Waals surface area (Å²) in [6.07, 6.45) is 1.21. The SMILES string of the molecule is Brc1ccccc1O[C@@H]1CCOC1. The van der Waals surface area contributed by atoms with Gasteiger partial charge in [0.15, 0.2) is 0 Å². The smallest absolute Gasteiger partial charge is 0.134 e. The highest BCUT2D eigenvalue weighted by Gasteiger charge is 2.17. The van der Waals surface area contributed by atoms with E-state index in [4.69, 9.17) is 9.47 Å². The van der Waals surface area contributed by atoms with Crippen molar-refractivity contribution in [2.75, 3.05) is 13.2 Å². The van der Waals surface area contributed by atoms with E-state index >= 15 is 0 Å². The minimum atomic E-state index is 0.221. The van der Waals surface area contributed by atoms with Gasteiger partial charge >= 0.3 is 0 Å². The second-order valence-electron chi connectivity index (χ2n) is 3.03. The summed E-state index contributed by atoms with van der Waals surface area (Å²) in [6, 6.07) is 7.88. The van der Waals surface area contributed by atoms with Gasteiger partial charge in [-0.1, -0.05) is 12.1 Å². The van der Waals surface area contributed by atoms with Crippen molar-refractivity contribution in [3.8, 4) is 5.75 Å². The van der Waals surface area contributed by atoms with Gasteiger partial charge in [-0.25, -0.2) is 0 Å². The van der Waals surface area contributed by atoms with Crippen LogP contribution in [0.1, 0.15) is 6.42 Å². The topological polar surface area (TPSA) is 18.5 Å². The molecule has 0 saturated carbocycles. The van der Waals surface area contributed by atoms with Gasteiger partial charge in [-0.2, -0.15) is 0 Å². The number of rotatable bonds is 2. The fraction of sp³-hybridized carbons (Fsp3) is 0.400. The van der Waals surface area contributed by atoms with Crippen molar-refractivity contribution in [2.45, 2.75) is 12.5 Å². The summed E-state index contributed by atoms with van der Waals surface area (Å²) < 4.78 is 12.0. The van der Waals surface area contributed by atoms with Gasteiger partial charge in [0.1, 0.15) is 11.9 Å². The van der Waals surface area contributed by atoms with Gasteiger partial charge in [0, 0.05) is 6.42 Å². The van der Waals surface area contributed by atoms with Gasteiger partial charge in [0.05, 0.1) is 17.7 Å². The van der Waals surface area contributed by atoms with E-state index in [0.717, 1.165) is 23.2 Å². The van der Waals surface area contributed by atoms with E-state index in [-0.39, 0.29) is 6.10 Å². The number of hydrogen-bond acceptors (Lipinski definition) is 2. The molecule has 0 unspecified atom stereocenters. The molecule has 1 fully saturated rings. The maximum Gasteiger partial charge on any atom is 0.134 e. The average Bonchev–Trinajstić information content (AvgIpc) is 2.61. The van der Waals surface area contributed by atoms with E-state index in [2.05, 4.69) is 15.9 Å². The Labute approximate surface area is 86.0 Å². The second kappa shape index (κ2) is 4.11. The first-order valence-electron chi connectivity index (χ1n) is 4.35. The molecule has 1 aromatic carbocycles. The first-order valence-corrected chi connectivity index (χ1v) is 5.14. The standard InChI is InChI=1S/C10H11BrO2/c11-9-3-1-2-4-10(9)13-8-5-6-12-7-8/h1-4,8H,5-7H2/t8-/m1/s1. The molecule has 1 aromatic rings. The van der Waals surface area contributed by atoms with Crippen LogP contribution in [-0.4, -0.2) is 19.3 Å². The highest BCUT2D eigenvalue weighted by Crippen LogP contribution is 2.26. The van der Waals surface area contributed by atoms with Crippen LogP contribution < -0.4 is 4.74 Å². The van der Waals surface area contributed by atoms with Crippen LogP contribution in [0.15, 0.2) is 28.7 Å². The lowest BCUT2D eigenvalue weighted by atomic mass is 10.3. The molecule has 0 spiro atoms. The molecule has 0 N–H and O–H groups in total. The Morgan fingerprint density at radius 1 is 1.38 bits per heavy atom. The third-order valence-corrected chi connectivity index (χ3v) is 2.67. The fourth-order valence-corrected chi connectivity index (χ4v) is 1.70. The summed E-state index contributed by atoms with van der Waals surface area (Å²) in [4.78, 5) is 0. The zero-order chi connectivity index (χ0) is 9.10.